The van der Waals surface area contributed by atoms with E-state index >= 15 is 0 Å². The van der Waals surface area contributed by atoms with Gasteiger partial charge in [0, 0.05) is 38.5 Å². The zero-order valence-electron chi connectivity index (χ0n) is 16.0. The normalized spacial score (nSPS) is 18.8. The van der Waals surface area contributed by atoms with Crippen LogP contribution < -0.4 is 15.4 Å². The molecule has 0 aliphatic carbocycles. The van der Waals surface area contributed by atoms with Gasteiger partial charge in [0.15, 0.2) is 5.96 Å². The van der Waals surface area contributed by atoms with Crippen LogP contribution in [0.1, 0.15) is 44.6 Å². The van der Waals surface area contributed by atoms with E-state index in [0.717, 1.165) is 43.5 Å². The summed E-state index contributed by atoms with van der Waals surface area (Å²) in [5.74, 6) is 2.72. The maximum absolute atomic E-state index is 6.10. The molecule has 1 aromatic carbocycles. The second-order valence-electron chi connectivity index (χ2n) is 7.09. The molecule has 0 saturated heterocycles. The number of rotatable bonds is 5. The Morgan fingerprint density at radius 2 is 2.19 bits per heavy atom. The molecular formula is C19H28N6O. The van der Waals surface area contributed by atoms with Gasteiger partial charge in [-0.1, -0.05) is 25.1 Å². The number of fused-ring (bicyclic) bond motifs is 1. The zero-order chi connectivity index (χ0) is 18.6. The number of aromatic nitrogens is 3. The lowest BCUT2D eigenvalue weighted by atomic mass is 9.90. The summed E-state index contributed by atoms with van der Waals surface area (Å²) in [6.45, 7) is 7.86. The summed E-state index contributed by atoms with van der Waals surface area (Å²) >= 11 is 0. The number of benzene rings is 1. The molecule has 140 valence electrons. The Labute approximate surface area is 154 Å². The first-order valence-electron chi connectivity index (χ1n) is 9.14. The molecule has 0 amide bonds. The topological polar surface area (TPSA) is 76.4 Å². The van der Waals surface area contributed by atoms with Gasteiger partial charge < -0.3 is 19.9 Å². The minimum atomic E-state index is -0.219. The SMILES string of the molecule is CCc1nncn1CCNC(=NC)NC1CC(C)(C)Oc2ccccc21. The van der Waals surface area contributed by atoms with Gasteiger partial charge in [0.1, 0.15) is 23.5 Å². The van der Waals surface area contributed by atoms with Gasteiger partial charge in [0.2, 0.25) is 0 Å². The largest absolute Gasteiger partial charge is 0.487 e. The Morgan fingerprint density at radius 3 is 2.96 bits per heavy atom. The lowest BCUT2D eigenvalue weighted by Gasteiger charge is -2.38. The van der Waals surface area contributed by atoms with Crippen LogP contribution in [0.25, 0.3) is 0 Å². The van der Waals surface area contributed by atoms with E-state index in [0.29, 0.717) is 0 Å². The molecule has 1 atom stereocenters. The lowest BCUT2D eigenvalue weighted by Crippen LogP contribution is -2.45. The third-order valence-electron chi connectivity index (χ3n) is 4.57. The molecule has 2 heterocycles. The van der Waals surface area contributed by atoms with Gasteiger partial charge in [-0.05, 0) is 19.9 Å². The van der Waals surface area contributed by atoms with Crippen molar-refractivity contribution in [3.63, 3.8) is 0 Å². The monoisotopic (exact) mass is 356 g/mol. The van der Waals surface area contributed by atoms with Crippen LogP contribution in [0.5, 0.6) is 5.75 Å². The molecular weight excluding hydrogens is 328 g/mol. The van der Waals surface area contributed by atoms with Gasteiger partial charge in [0.05, 0.1) is 6.04 Å². The first-order chi connectivity index (χ1) is 12.5. The van der Waals surface area contributed by atoms with Crippen LogP contribution in [0, 0.1) is 0 Å². The highest BCUT2D eigenvalue weighted by Gasteiger charge is 2.33. The highest BCUT2D eigenvalue weighted by atomic mass is 16.5. The van der Waals surface area contributed by atoms with Crippen molar-refractivity contribution in [2.75, 3.05) is 13.6 Å². The minimum Gasteiger partial charge on any atom is -0.487 e. The fourth-order valence-corrected chi connectivity index (χ4v) is 3.32. The van der Waals surface area contributed by atoms with Gasteiger partial charge in [0.25, 0.3) is 0 Å². The predicted octanol–water partition coefficient (Wildman–Crippen LogP) is 2.31. The fraction of sp³-hybridized carbons (Fsp3) is 0.526. The second kappa shape index (κ2) is 7.76. The summed E-state index contributed by atoms with van der Waals surface area (Å²) in [7, 11) is 1.79. The van der Waals surface area contributed by atoms with Crippen molar-refractivity contribution in [2.45, 2.75) is 51.8 Å². The molecule has 0 fully saturated rings. The third-order valence-corrected chi connectivity index (χ3v) is 4.57. The fourth-order valence-electron chi connectivity index (χ4n) is 3.32. The average Bonchev–Trinajstić information content (AvgIpc) is 3.07. The van der Waals surface area contributed by atoms with Crippen LogP contribution in [0.4, 0.5) is 0 Å². The Kier molecular flexibility index (Phi) is 5.44. The van der Waals surface area contributed by atoms with E-state index in [-0.39, 0.29) is 11.6 Å². The Balaban J connectivity index is 1.63. The molecule has 0 saturated carbocycles. The molecule has 0 bridgehead atoms. The average molecular weight is 356 g/mol. The number of guanidine groups is 1. The van der Waals surface area contributed by atoms with Crippen LogP contribution >= 0.6 is 0 Å². The molecule has 7 nitrogen and oxygen atoms in total. The number of hydrogen-bond acceptors (Lipinski definition) is 4. The molecule has 1 aromatic heterocycles. The van der Waals surface area contributed by atoms with Crippen molar-refractivity contribution in [3.05, 3.63) is 42.0 Å². The van der Waals surface area contributed by atoms with Gasteiger partial charge >= 0.3 is 0 Å². The Bertz CT molecular complexity index is 767. The van der Waals surface area contributed by atoms with Crippen LogP contribution in [0.3, 0.4) is 0 Å². The number of hydrogen-bond donors (Lipinski definition) is 2. The first kappa shape index (κ1) is 18.2. The van der Waals surface area contributed by atoms with Crippen molar-refractivity contribution >= 4 is 5.96 Å². The molecule has 1 aliphatic rings. The van der Waals surface area contributed by atoms with E-state index in [1.807, 2.05) is 18.2 Å². The molecule has 1 aliphatic heterocycles. The van der Waals surface area contributed by atoms with Crippen LogP contribution in [0.15, 0.2) is 35.6 Å². The highest BCUT2D eigenvalue weighted by Crippen LogP contribution is 2.39. The molecule has 26 heavy (non-hydrogen) atoms. The molecule has 7 heteroatoms. The number of aryl methyl sites for hydroxylation is 1. The summed E-state index contributed by atoms with van der Waals surface area (Å²) in [6.07, 6.45) is 3.52. The number of para-hydroxylation sites is 1. The van der Waals surface area contributed by atoms with E-state index in [1.54, 1.807) is 13.4 Å². The molecule has 2 aromatic rings. The van der Waals surface area contributed by atoms with Crippen LogP contribution in [-0.2, 0) is 13.0 Å². The minimum absolute atomic E-state index is 0.155. The Hall–Kier alpha value is -2.57. The van der Waals surface area contributed by atoms with Crippen molar-refractivity contribution in [1.82, 2.24) is 25.4 Å². The molecule has 1 unspecified atom stereocenters. The number of nitrogens with one attached hydrogen (secondary N) is 2. The van der Waals surface area contributed by atoms with E-state index in [9.17, 15) is 0 Å². The summed E-state index contributed by atoms with van der Waals surface area (Å²) in [5, 5.41) is 15.0. The summed E-state index contributed by atoms with van der Waals surface area (Å²) in [6, 6.07) is 8.35. The predicted molar refractivity (Wildman–Crippen MR) is 102 cm³/mol. The molecule has 0 radical (unpaired) electrons. The van der Waals surface area contributed by atoms with Gasteiger partial charge in [-0.25, -0.2) is 0 Å². The maximum atomic E-state index is 6.10. The van der Waals surface area contributed by atoms with Crippen LogP contribution in [0.2, 0.25) is 0 Å². The van der Waals surface area contributed by atoms with Crippen molar-refractivity contribution < 1.29 is 4.74 Å². The van der Waals surface area contributed by atoms with Crippen molar-refractivity contribution in [1.29, 1.82) is 0 Å². The van der Waals surface area contributed by atoms with E-state index in [1.165, 1.54) is 5.56 Å². The van der Waals surface area contributed by atoms with Gasteiger partial charge in [-0.2, -0.15) is 0 Å². The Morgan fingerprint density at radius 1 is 1.38 bits per heavy atom. The maximum Gasteiger partial charge on any atom is 0.191 e. The van der Waals surface area contributed by atoms with E-state index < -0.39 is 0 Å². The molecule has 0 spiro atoms. The summed E-state index contributed by atoms with van der Waals surface area (Å²) in [4.78, 5) is 4.38. The first-order valence-corrected chi connectivity index (χ1v) is 9.14. The van der Waals surface area contributed by atoms with E-state index in [2.05, 4.69) is 57.2 Å². The zero-order valence-corrected chi connectivity index (χ0v) is 16.0. The molecule has 2 N–H and O–H groups in total. The van der Waals surface area contributed by atoms with Crippen LogP contribution in [-0.4, -0.2) is 39.9 Å². The molecule has 3 rings (SSSR count). The number of nitrogens with zero attached hydrogens (tertiary/aromatic N) is 4. The van der Waals surface area contributed by atoms with Gasteiger partial charge in [-0.3, -0.25) is 4.99 Å². The second-order valence-corrected chi connectivity index (χ2v) is 7.09. The standard InChI is InChI=1S/C19H28N6O/c1-5-17-24-22-13-25(17)11-10-21-18(20-4)23-15-12-19(2,3)26-16-9-7-6-8-14(15)16/h6-9,13,15H,5,10-12H2,1-4H3,(H2,20,21,23). The highest BCUT2D eigenvalue weighted by molar-refractivity contribution is 5.80. The quantitative estimate of drug-likeness (QED) is 0.635. The van der Waals surface area contributed by atoms with Crippen molar-refractivity contribution in [2.24, 2.45) is 4.99 Å². The summed E-state index contributed by atoms with van der Waals surface area (Å²) in [5.41, 5.74) is 0.950. The van der Waals surface area contributed by atoms with Gasteiger partial charge in [-0.15, -0.1) is 10.2 Å². The lowest BCUT2D eigenvalue weighted by molar-refractivity contribution is 0.0694. The third kappa shape index (κ3) is 4.15. The number of ether oxygens (including phenoxy) is 1. The number of aliphatic imine (C=N–C) groups is 1. The van der Waals surface area contributed by atoms with Crippen molar-refractivity contribution in [3.8, 4) is 5.75 Å². The van der Waals surface area contributed by atoms with E-state index in [4.69, 9.17) is 4.74 Å². The summed E-state index contributed by atoms with van der Waals surface area (Å²) < 4.78 is 8.17. The smallest absolute Gasteiger partial charge is 0.191 e.